The fourth-order valence-corrected chi connectivity index (χ4v) is 5.01. The van der Waals surface area contributed by atoms with Crippen LogP contribution in [0.15, 0.2) is 54.6 Å². The highest BCUT2D eigenvalue weighted by Gasteiger charge is 2.42. The number of rotatable bonds is 7. The van der Waals surface area contributed by atoms with Crippen LogP contribution in [0.5, 0.6) is 0 Å². The molecule has 0 saturated carbocycles. The number of aliphatic carboxylic acids is 1. The van der Waals surface area contributed by atoms with Crippen LogP contribution in [0.25, 0.3) is 0 Å². The molecule has 0 bridgehead atoms. The van der Waals surface area contributed by atoms with Crippen LogP contribution < -0.4 is 0 Å². The van der Waals surface area contributed by atoms with Crippen LogP contribution in [0.3, 0.4) is 0 Å². The van der Waals surface area contributed by atoms with Crippen molar-refractivity contribution in [2.24, 2.45) is 11.8 Å². The van der Waals surface area contributed by atoms with Gasteiger partial charge in [-0.15, -0.1) is 0 Å². The third-order valence-electron chi connectivity index (χ3n) is 6.88. The lowest BCUT2D eigenvalue weighted by Gasteiger charge is -2.44. The Morgan fingerprint density at radius 3 is 1.98 bits per heavy atom. The van der Waals surface area contributed by atoms with Gasteiger partial charge in [-0.3, -0.25) is 9.69 Å². The Balaban J connectivity index is 2.21. The molecular weight excluding hydrogens is 553 g/mol. The summed E-state index contributed by atoms with van der Waals surface area (Å²) in [7, 11) is 0. The number of halogens is 9. The van der Waals surface area contributed by atoms with Crippen LogP contribution in [-0.4, -0.2) is 22.5 Å². The number of carbonyl (C=O) groups is 1. The van der Waals surface area contributed by atoms with Gasteiger partial charge in [-0.05, 0) is 72.7 Å². The number of hydrogen-bond donors (Lipinski definition) is 1. The van der Waals surface area contributed by atoms with E-state index < -0.39 is 64.8 Å². The third-order valence-corrected chi connectivity index (χ3v) is 6.88. The molecule has 0 amide bonds. The number of carboxylic acids is 1. The molecule has 1 aliphatic rings. The van der Waals surface area contributed by atoms with E-state index in [4.69, 9.17) is 0 Å². The molecule has 2 aromatic carbocycles. The molecular formula is C28H28F9NO2. The predicted octanol–water partition coefficient (Wildman–Crippen LogP) is 8.92. The molecule has 2 aromatic rings. The molecule has 3 atom stereocenters. The van der Waals surface area contributed by atoms with Crippen LogP contribution in [0.2, 0.25) is 0 Å². The molecule has 1 unspecified atom stereocenters. The first-order chi connectivity index (χ1) is 18.4. The quantitative estimate of drug-likeness (QED) is 0.262. The molecule has 0 radical (unpaired) electrons. The van der Waals surface area contributed by atoms with E-state index in [1.54, 1.807) is 19.9 Å². The van der Waals surface area contributed by atoms with Crippen molar-refractivity contribution >= 4 is 5.97 Å². The fraction of sp³-hybridized carbons (Fsp3) is 0.464. The van der Waals surface area contributed by atoms with Gasteiger partial charge in [0.2, 0.25) is 0 Å². The van der Waals surface area contributed by atoms with Gasteiger partial charge in [-0.1, -0.05) is 38.1 Å². The van der Waals surface area contributed by atoms with Gasteiger partial charge in [0, 0.05) is 12.5 Å². The maximum atomic E-state index is 14.1. The van der Waals surface area contributed by atoms with E-state index in [2.05, 4.69) is 0 Å². The van der Waals surface area contributed by atoms with Gasteiger partial charge in [0.05, 0.1) is 22.7 Å². The highest BCUT2D eigenvalue weighted by molar-refractivity contribution is 5.67. The second kappa shape index (κ2) is 11.8. The number of benzene rings is 2. The SMILES string of the molecule is CC(C)/C=C\C(c1cc(C(F)(F)F)ccc1C(F)(F)F)N1CC[C@@H](CC(=O)O)C[C@H]1c1ccc(C(F)(F)F)cc1. The molecule has 0 aromatic heterocycles. The molecule has 1 N–H and O–H groups in total. The normalized spacial score (nSPS) is 20.3. The van der Waals surface area contributed by atoms with E-state index in [1.807, 2.05) is 0 Å². The highest BCUT2D eigenvalue weighted by Crippen LogP contribution is 2.46. The van der Waals surface area contributed by atoms with Crippen LogP contribution in [0.4, 0.5) is 39.5 Å². The zero-order chi connectivity index (χ0) is 30.0. The zero-order valence-corrected chi connectivity index (χ0v) is 21.5. The number of piperidine rings is 1. The van der Waals surface area contributed by atoms with Gasteiger partial charge in [0.25, 0.3) is 0 Å². The summed E-state index contributed by atoms with van der Waals surface area (Å²) >= 11 is 0. The summed E-state index contributed by atoms with van der Waals surface area (Å²) in [4.78, 5) is 12.9. The monoisotopic (exact) mass is 581 g/mol. The Labute approximate surface area is 225 Å². The molecule has 1 heterocycles. The summed E-state index contributed by atoms with van der Waals surface area (Å²) in [6.45, 7) is 3.47. The first-order valence-electron chi connectivity index (χ1n) is 12.5. The van der Waals surface area contributed by atoms with Gasteiger partial charge in [-0.25, -0.2) is 0 Å². The number of hydrogen-bond acceptors (Lipinski definition) is 2. The minimum Gasteiger partial charge on any atom is -0.481 e. The predicted molar refractivity (Wildman–Crippen MR) is 129 cm³/mol. The van der Waals surface area contributed by atoms with Gasteiger partial charge in [0.15, 0.2) is 0 Å². The smallest absolute Gasteiger partial charge is 0.416 e. The summed E-state index contributed by atoms with van der Waals surface area (Å²) in [5.74, 6) is -1.74. The van der Waals surface area contributed by atoms with E-state index in [0.29, 0.717) is 18.2 Å². The average molecular weight is 582 g/mol. The van der Waals surface area contributed by atoms with Crippen LogP contribution >= 0.6 is 0 Å². The molecule has 3 nitrogen and oxygen atoms in total. The maximum Gasteiger partial charge on any atom is 0.416 e. The van der Waals surface area contributed by atoms with Gasteiger partial charge >= 0.3 is 24.5 Å². The summed E-state index contributed by atoms with van der Waals surface area (Å²) in [6, 6.07) is 2.99. The van der Waals surface area contributed by atoms with Gasteiger partial charge in [-0.2, -0.15) is 39.5 Å². The van der Waals surface area contributed by atoms with Gasteiger partial charge < -0.3 is 5.11 Å². The lowest BCUT2D eigenvalue weighted by Crippen LogP contribution is -2.40. The van der Waals surface area contributed by atoms with Crippen molar-refractivity contribution in [3.63, 3.8) is 0 Å². The van der Waals surface area contributed by atoms with Crippen molar-refractivity contribution in [1.82, 2.24) is 4.90 Å². The molecule has 220 valence electrons. The standard InChI is InChI=1S/C28H28F9NO2/c1-16(2)3-10-23(21-15-20(27(32,33)34)8-9-22(21)28(35,36)37)38-12-11-17(14-25(39)40)13-24(38)18-4-6-19(7-5-18)26(29,30)31/h3-10,15-17,23-24H,11-14H2,1-2H3,(H,39,40)/b10-3-/t17-,23?,24+/m1/s1. The third kappa shape index (κ3) is 7.80. The minimum atomic E-state index is -4.99. The molecule has 40 heavy (non-hydrogen) atoms. The van der Waals surface area contributed by atoms with Gasteiger partial charge in [0.1, 0.15) is 0 Å². The Morgan fingerprint density at radius 1 is 0.900 bits per heavy atom. The summed E-state index contributed by atoms with van der Waals surface area (Å²) < 4.78 is 123. The van der Waals surface area contributed by atoms with Crippen molar-refractivity contribution in [2.45, 2.75) is 63.7 Å². The minimum absolute atomic E-state index is 0.00425. The Morgan fingerprint density at radius 2 is 1.48 bits per heavy atom. The van der Waals surface area contributed by atoms with Crippen molar-refractivity contribution in [3.05, 3.63) is 82.4 Å². The maximum absolute atomic E-state index is 14.1. The molecule has 3 rings (SSSR count). The average Bonchev–Trinajstić information content (AvgIpc) is 2.82. The Kier molecular flexibility index (Phi) is 9.33. The van der Waals surface area contributed by atoms with Crippen LogP contribution in [0, 0.1) is 11.8 Å². The Bertz CT molecular complexity index is 1200. The molecule has 12 heteroatoms. The highest BCUT2D eigenvalue weighted by atomic mass is 19.4. The van der Waals surface area contributed by atoms with Crippen LogP contribution in [-0.2, 0) is 23.3 Å². The number of carboxylic acid groups (broad SMARTS) is 1. The van der Waals surface area contributed by atoms with Crippen molar-refractivity contribution in [1.29, 1.82) is 0 Å². The van der Waals surface area contributed by atoms with Crippen LogP contribution in [0.1, 0.15) is 73.0 Å². The summed E-state index contributed by atoms with van der Waals surface area (Å²) in [5, 5.41) is 9.30. The first-order valence-corrected chi connectivity index (χ1v) is 12.5. The summed E-state index contributed by atoms with van der Waals surface area (Å²) in [6.07, 6.45) is -11.6. The topological polar surface area (TPSA) is 40.5 Å². The van der Waals surface area contributed by atoms with E-state index in [9.17, 15) is 49.4 Å². The molecule has 0 spiro atoms. The zero-order valence-electron chi connectivity index (χ0n) is 21.5. The lowest BCUT2D eigenvalue weighted by atomic mass is 9.82. The molecule has 0 aliphatic carbocycles. The van der Waals surface area contributed by atoms with E-state index in [1.165, 1.54) is 23.1 Å². The second-order valence-electron chi connectivity index (χ2n) is 10.2. The first kappa shape index (κ1) is 31.5. The van der Waals surface area contributed by atoms with E-state index in [-0.39, 0.29) is 37.3 Å². The molecule has 1 saturated heterocycles. The van der Waals surface area contributed by atoms with E-state index in [0.717, 1.165) is 12.1 Å². The van der Waals surface area contributed by atoms with Crippen molar-refractivity contribution in [3.8, 4) is 0 Å². The lowest BCUT2D eigenvalue weighted by molar-refractivity contribution is -0.142. The number of nitrogens with zero attached hydrogens (tertiary/aromatic N) is 1. The van der Waals surface area contributed by atoms with Crippen molar-refractivity contribution < 1.29 is 49.4 Å². The van der Waals surface area contributed by atoms with E-state index >= 15 is 0 Å². The summed E-state index contributed by atoms with van der Waals surface area (Å²) in [5.41, 5.74) is -3.85. The number of alkyl halides is 9. The molecule has 1 fully saturated rings. The largest absolute Gasteiger partial charge is 0.481 e. The number of likely N-dealkylation sites (tertiary alicyclic amines) is 1. The molecule has 1 aliphatic heterocycles. The second-order valence-corrected chi connectivity index (χ2v) is 10.2. The van der Waals surface area contributed by atoms with Crippen molar-refractivity contribution in [2.75, 3.05) is 6.54 Å². The Hall–Kier alpha value is -3.02. The number of allylic oxidation sites excluding steroid dienone is 1. The fourth-order valence-electron chi connectivity index (χ4n) is 5.01.